The summed E-state index contributed by atoms with van der Waals surface area (Å²) in [7, 11) is 0. The number of esters is 1. The molecule has 0 aromatic rings. The van der Waals surface area contributed by atoms with E-state index in [-0.39, 0.29) is 19.0 Å². The highest BCUT2D eigenvalue weighted by atomic mass is 16.5. The van der Waals surface area contributed by atoms with Crippen LogP contribution in [0.15, 0.2) is 0 Å². The van der Waals surface area contributed by atoms with Gasteiger partial charge in [0.15, 0.2) is 0 Å². The van der Waals surface area contributed by atoms with E-state index in [0.29, 0.717) is 12.3 Å². The molecule has 0 heterocycles. The Labute approximate surface area is 73.3 Å². The summed E-state index contributed by atoms with van der Waals surface area (Å²) in [6, 6.07) is 1.91. The van der Waals surface area contributed by atoms with Crippen LogP contribution in [0.25, 0.3) is 0 Å². The van der Waals surface area contributed by atoms with Crippen molar-refractivity contribution in [3.8, 4) is 6.07 Å². The number of rotatable bonds is 5. The average Bonchev–Trinajstić information content (AvgIpc) is 2.01. The van der Waals surface area contributed by atoms with Gasteiger partial charge in [-0.15, -0.1) is 0 Å². The summed E-state index contributed by atoms with van der Waals surface area (Å²) >= 11 is 0. The standard InChI is InChI=1S/C9H15NO2/c1-8(2)4-5-9(11)12-7-3-6-10/h8H,3-5,7H2,1-2H3. The van der Waals surface area contributed by atoms with E-state index in [1.54, 1.807) is 0 Å². The van der Waals surface area contributed by atoms with Gasteiger partial charge < -0.3 is 4.74 Å². The molecule has 0 aromatic carbocycles. The van der Waals surface area contributed by atoms with Crippen LogP contribution < -0.4 is 0 Å². The van der Waals surface area contributed by atoms with Gasteiger partial charge in [0, 0.05) is 6.42 Å². The van der Waals surface area contributed by atoms with Gasteiger partial charge in [-0.1, -0.05) is 13.8 Å². The third kappa shape index (κ3) is 7.07. The summed E-state index contributed by atoms with van der Waals surface area (Å²) in [5, 5.41) is 8.16. The minimum absolute atomic E-state index is 0.195. The summed E-state index contributed by atoms with van der Waals surface area (Å²) in [6.45, 7) is 4.35. The molecule has 0 aliphatic carbocycles. The van der Waals surface area contributed by atoms with Crippen LogP contribution in [0.2, 0.25) is 0 Å². The lowest BCUT2D eigenvalue weighted by atomic mass is 10.1. The second-order valence-electron chi connectivity index (χ2n) is 3.06. The van der Waals surface area contributed by atoms with Gasteiger partial charge >= 0.3 is 5.97 Å². The fourth-order valence-corrected chi connectivity index (χ4v) is 0.689. The van der Waals surface area contributed by atoms with Gasteiger partial charge in [-0.2, -0.15) is 5.26 Å². The molecule has 0 rings (SSSR count). The highest BCUT2D eigenvalue weighted by molar-refractivity contribution is 5.69. The normalized spacial score (nSPS) is 9.50. The van der Waals surface area contributed by atoms with Crippen molar-refractivity contribution < 1.29 is 9.53 Å². The second kappa shape index (κ2) is 6.66. The minimum Gasteiger partial charge on any atom is -0.465 e. The Hall–Kier alpha value is -1.04. The third-order valence-electron chi connectivity index (χ3n) is 1.40. The molecule has 0 aliphatic rings. The van der Waals surface area contributed by atoms with E-state index in [2.05, 4.69) is 13.8 Å². The SMILES string of the molecule is CC(C)CCC(=O)OCCC#N. The maximum absolute atomic E-state index is 10.9. The predicted octanol–water partition coefficient (Wildman–Crippen LogP) is 1.88. The summed E-state index contributed by atoms with van der Waals surface area (Å²) in [5.74, 6) is 0.326. The Morgan fingerprint density at radius 2 is 2.25 bits per heavy atom. The number of nitriles is 1. The molecule has 0 saturated carbocycles. The molecule has 68 valence electrons. The molecule has 0 bridgehead atoms. The molecule has 0 amide bonds. The monoisotopic (exact) mass is 169 g/mol. The first-order valence-electron chi connectivity index (χ1n) is 4.19. The Morgan fingerprint density at radius 3 is 2.75 bits per heavy atom. The van der Waals surface area contributed by atoms with Crippen LogP contribution in [0.4, 0.5) is 0 Å². The maximum Gasteiger partial charge on any atom is 0.305 e. The molecular formula is C9H15NO2. The Balaban J connectivity index is 3.29. The summed E-state index contributed by atoms with van der Waals surface area (Å²) in [6.07, 6.45) is 1.60. The molecule has 12 heavy (non-hydrogen) atoms. The van der Waals surface area contributed by atoms with E-state index < -0.39 is 0 Å². The van der Waals surface area contributed by atoms with Crippen LogP contribution in [0.1, 0.15) is 33.1 Å². The van der Waals surface area contributed by atoms with Crippen molar-refractivity contribution in [1.29, 1.82) is 5.26 Å². The van der Waals surface area contributed by atoms with Crippen molar-refractivity contribution in [3.63, 3.8) is 0 Å². The third-order valence-corrected chi connectivity index (χ3v) is 1.40. The molecule has 0 aromatic heterocycles. The molecule has 0 fully saturated rings. The maximum atomic E-state index is 10.9. The molecule has 0 spiro atoms. The van der Waals surface area contributed by atoms with E-state index in [1.807, 2.05) is 6.07 Å². The summed E-state index contributed by atoms with van der Waals surface area (Å²) in [5.41, 5.74) is 0. The van der Waals surface area contributed by atoms with Crippen molar-refractivity contribution in [1.82, 2.24) is 0 Å². The summed E-state index contributed by atoms with van der Waals surface area (Å²) in [4.78, 5) is 10.9. The molecule has 0 saturated heterocycles. The smallest absolute Gasteiger partial charge is 0.305 e. The second-order valence-corrected chi connectivity index (χ2v) is 3.06. The van der Waals surface area contributed by atoms with Crippen LogP contribution in [-0.4, -0.2) is 12.6 Å². The average molecular weight is 169 g/mol. The summed E-state index contributed by atoms with van der Waals surface area (Å²) < 4.78 is 4.77. The van der Waals surface area contributed by atoms with E-state index in [0.717, 1.165) is 6.42 Å². The minimum atomic E-state index is -0.195. The lowest BCUT2D eigenvalue weighted by Crippen LogP contribution is -2.06. The first-order valence-corrected chi connectivity index (χ1v) is 4.19. The number of hydrogen-bond donors (Lipinski definition) is 0. The molecule has 0 aliphatic heterocycles. The zero-order valence-electron chi connectivity index (χ0n) is 7.67. The quantitative estimate of drug-likeness (QED) is 0.466. The van der Waals surface area contributed by atoms with Crippen LogP contribution in [-0.2, 0) is 9.53 Å². The highest BCUT2D eigenvalue weighted by Gasteiger charge is 2.03. The zero-order valence-corrected chi connectivity index (χ0v) is 7.67. The van der Waals surface area contributed by atoms with Gasteiger partial charge in [0.1, 0.15) is 6.61 Å². The largest absolute Gasteiger partial charge is 0.465 e. The fraction of sp³-hybridized carbons (Fsp3) is 0.778. The van der Waals surface area contributed by atoms with E-state index in [1.165, 1.54) is 0 Å². The molecular weight excluding hydrogens is 154 g/mol. The van der Waals surface area contributed by atoms with Crippen LogP contribution in [0.3, 0.4) is 0 Å². The van der Waals surface area contributed by atoms with E-state index in [9.17, 15) is 4.79 Å². The van der Waals surface area contributed by atoms with E-state index >= 15 is 0 Å². The Kier molecular flexibility index (Phi) is 6.08. The lowest BCUT2D eigenvalue weighted by Gasteiger charge is -2.03. The van der Waals surface area contributed by atoms with Crippen molar-refractivity contribution in [3.05, 3.63) is 0 Å². The molecule has 0 atom stereocenters. The van der Waals surface area contributed by atoms with Gasteiger partial charge in [0.25, 0.3) is 0 Å². The van der Waals surface area contributed by atoms with Gasteiger partial charge in [0.2, 0.25) is 0 Å². The lowest BCUT2D eigenvalue weighted by molar-refractivity contribution is -0.143. The van der Waals surface area contributed by atoms with Gasteiger partial charge in [0.05, 0.1) is 12.5 Å². The van der Waals surface area contributed by atoms with E-state index in [4.69, 9.17) is 10.00 Å². The molecule has 0 N–H and O–H groups in total. The zero-order chi connectivity index (χ0) is 9.40. The fourth-order valence-electron chi connectivity index (χ4n) is 0.689. The Morgan fingerprint density at radius 1 is 1.58 bits per heavy atom. The first-order chi connectivity index (χ1) is 5.66. The van der Waals surface area contributed by atoms with Crippen molar-refractivity contribution in [2.45, 2.75) is 33.1 Å². The molecule has 3 nitrogen and oxygen atoms in total. The molecule has 3 heteroatoms. The first kappa shape index (κ1) is 11.0. The predicted molar refractivity (Wildman–Crippen MR) is 45.3 cm³/mol. The number of nitrogens with zero attached hydrogens (tertiary/aromatic N) is 1. The van der Waals surface area contributed by atoms with Crippen LogP contribution >= 0.6 is 0 Å². The van der Waals surface area contributed by atoms with Crippen molar-refractivity contribution >= 4 is 5.97 Å². The Bertz CT molecular complexity index is 170. The van der Waals surface area contributed by atoms with Crippen molar-refractivity contribution in [2.24, 2.45) is 5.92 Å². The highest BCUT2D eigenvalue weighted by Crippen LogP contribution is 2.04. The topological polar surface area (TPSA) is 50.1 Å². The number of hydrogen-bond acceptors (Lipinski definition) is 3. The van der Waals surface area contributed by atoms with Crippen molar-refractivity contribution in [2.75, 3.05) is 6.61 Å². The molecule has 0 unspecified atom stereocenters. The van der Waals surface area contributed by atoms with Crippen LogP contribution in [0.5, 0.6) is 0 Å². The number of carbonyl (C=O) groups is 1. The number of ether oxygens (including phenoxy) is 1. The van der Waals surface area contributed by atoms with Gasteiger partial charge in [-0.05, 0) is 12.3 Å². The molecule has 0 radical (unpaired) electrons. The van der Waals surface area contributed by atoms with Crippen LogP contribution in [0, 0.1) is 17.2 Å². The van der Waals surface area contributed by atoms with Gasteiger partial charge in [-0.3, -0.25) is 4.79 Å². The number of carbonyl (C=O) groups excluding carboxylic acids is 1. The van der Waals surface area contributed by atoms with Gasteiger partial charge in [-0.25, -0.2) is 0 Å².